The molecule has 0 spiro atoms. The summed E-state index contributed by atoms with van der Waals surface area (Å²) in [7, 11) is -0.721. The number of urea groups is 1. The summed E-state index contributed by atoms with van der Waals surface area (Å²) in [4.78, 5) is 46.1. The average molecular weight is 739 g/mol. The van der Waals surface area contributed by atoms with Crippen molar-refractivity contribution in [3.63, 3.8) is 0 Å². The number of fused-ring (bicyclic) bond motifs is 1. The predicted octanol–water partition coefficient (Wildman–Crippen LogP) is 6.16. The quantitative estimate of drug-likeness (QED) is 0.153. The summed E-state index contributed by atoms with van der Waals surface area (Å²) in [5.41, 5.74) is -3.08. The molecule has 1 saturated heterocycles. The lowest BCUT2D eigenvalue weighted by Crippen LogP contribution is -2.63. The van der Waals surface area contributed by atoms with Crippen LogP contribution in [0.3, 0.4) is 0 Å². The van der Waals surface area contributed by atoms with Crippen molar-refractivity contribution in [1.29, 1.82) is 0 Å². The molecule has 3 aromatic rings. The number of nitrogens with zero attached hydrogens (tertiary/aromatic N) is 2. The van der Waals surface area contributed by atoms with Crippen LogP contribution in [0.1, 0.15) is 83.3 Å². The van der Waals surface area contributed by atoms with Gasteiger partial charge < -0.3 is 30.6 Å². The van der Waals surface area contributed by atoms with Crippen LogP contribution in [0.5, 0.6) is 0 Å². The zero-order valence-electron chi connectivity index (χ0n) is 30.1. The van der Waals surface area contributed by atoms with Crippen LogP contribution in [0, 0.1) is 23.1 Å². The second-order valence-electron chi connectivity index (χ2n) is 15.8. The van der Waals surface area contributed by atoms with Gasteiger partial charge in [0.1, 0.15) is 23.4 Å². The molecule has 4 fully saturated rings. The van der Waals surface area contributed by atoms with Gasteiger partial charge in [-0.25, -0.2) is 14.2 Å². The molecule has 11 nitrogen and oxygen atoms in total. The van der Waals surface area contributed by atoms with Crippen LogP contribution in [-0.4, -0.2) is 46.3 Å². The van der Waals surface area contributed by atoms with Crippen molar-refractivity contribution in [2.24, 2.45) is 17.3 Å². The van der Waals surface area contributed by atoms with Crippen molar-refractivity contribution in [3.05, 3.63) is 87.9 Å². The number of halogens is 4. The molecule has 4 N–H and O–H groups in total. The maximum atomic E-state index is 14.4. The van der Waals surface area contributed by atoms with Gasteiger partial charge in [0.25, 0.3) is 5.56 Å². The van der Waals surface area contributed by atoms with E-state index < -0.39 is 65.3 Å². The highest BCUT2D eigenvalue weighted by molar-refractivity contribution is 6.47. The Balaban J connectivity index is 1.15. The molecule has 3 aliphatic carbocycles. The van der Waals surface area contributed by atoms with Crippen LogP contribution in [-0.2, 0) is 32.4 Å². The van der Waals surface area contributed by atoms with Gasteiger partial charge in [0.2, 0.25) is 5.91 Å². The number of benzene rings is 2. The van der Waals surface area contributed by atoms with Gasteiger partial charge in [-0.2, -0.15) is 13.2 Å². The van der Waals surface area contributed by atoms with Crippen LogP contribution in [0.2, 0.25) is 0 Å². The second kappa shape index (κ2) is 13.1. The Bertz CT molecular complexity index is 2000. The fourth-order valence-electron chi connectivity index (χ4n) is 8.75. The monoisotopic (exact) mass is 738 g/mol. The average Bonchev–Trinajstić information content (AvgIpc) is 3.61. The van der Waals surface area contributed by atoms with Crippen molar-refractivity contribution >= 4 is 30.4 Å². The van der Waals surface area contributed by atoms with Gasteiger partial charge in [-0.1, -0.05) is 45.0 Å². The summed E-state index contributed by atoms with van der Waals surface area (Å²) in [5, 5.41) is 11.2. The number of rotatable bonds is 9. The molecule has 3 heterocycles. The molecule has 2 bridgehead atoms. The number of para-hydroxylation sites is 1. The Labute approximate surface area is 304 Å². The molecule has 16 heteroatoms. The van der Waals surface area contributed by atoms with Crippen LogP contribution in [0.25, 0.3) is 0 Å². The first-order chi connectivity index (χ1) is 24.9. The molecule has 2 aromatic carbocycles. The van der Waals surface area contributed by atoms with Gasteiger partial charge >= 0.3 is 19.3 Å². The van der Waals surface area contributed by atoms with Crippen molar-refractivity contribution < 1.29 is 36.5 Å². The molecule has 7 atom stereocenters. The Kier molecular flexibility index (Phi) is 9.16. The molecule has 282 valence electrons. The normalized spacial score (nSPS) is 28.7. The number of alkyl halides is 3. The van der Waals surface area contributed by atoms with E-state index in [9.17, 15) is 31.9 Å². The summed E-state index contributed by atoms with van der Waals surface area (Å²) in [6.45, 7) is 9.95. The van der Waals surface area contributed by atoms with E-state index in [0.717, 1.165) is 25.0 Å². The molecule has 3 saturated carbocycles. The first-order valence-corrected chi connectivity index (χ1v) is 17.9. The standard InChI is InChI=1S/C37H43BF4N6O5/c1-6-28(38-52-29-23-15-22(34(23,2)3)16-36(29,5)53-38)46-30(49)27-17-35(4,47-33(51)45-25-13-8-7-12-24(25)39)32-44-19-26(31(50)48(27)32)43-18-20-10-9-11-21(14-20)37(40,41)42/h7-14,19,22-23,27-29,43H,6,15-18H2,1-5H3,(H,46,49)(H2,45,47,51)/t22?,23?,27-,28-,29+,35+,36-/m0/s1. The van der Waals surface area contributed by atoms with Gasteiger partial charge in [-0.15, -0.1) is 0 Å². The maximum Gasteiger partial charge on any atom is 0.481 e. The van der Waals surface area contributed by atoms with Crippen LogP contribution >= 0.6 is 0 Å². The first-order valence-electron chi connectivity index (χ1n) is 17.9. The van der Waals surface area contributed by atoms with E-state index in [1.165, 1.54) is 41.1 Å². The molecule has 1 aromatic heterocycles. The van der Waals surface area contributed by atoms with E-state index >= 15 is 0 Å². The zero-order chi connectivity index (χ0) is 38.1. The molecule has 0 radical (unpaired) electrons. The smallest absolute Gasteiger partial charge is 0.404 e. The summed E-state index contributed by atoms with van der Waals surface area (Å²) in [5.74, 6) is -0.827. The minimum absolute atomic E-state index is 0.0582. The lowest BCUT2D eigenvalue weighted by Gasteiger charge is -2.63. The molecule has 8 rings (SSSR count). The van der Waals surface area contributed by atoms with Crippen LogP contribution in [0.15, 0.2) is 59.5 Å². The van der Waals surface area contributed by atoms with Crippen molar-refractivity contribution in [3.8, 4) is 0 Å². The molecule has 2 unspecified atom stereocenters. The summed E-state index contributed by atoms with van der Waals surface area (Å²) < 4.78 is 68.7. The number of nitrogens with one attached hydrogen (secondary N) is 4. The van der Waals surface area contributed by atoms with E-state index in [4.69, 9.17) is 9.31 Å². The Morgan fingerprint density at radius 2 is 1.83 bits per heavy atom. The minimum Gasteiger partial charge on any atom is -0.404 e. The Morgan fingerprint density at radius 1 is 1.08 bits per heavy atom. The highest BCUT2D eigenvalue weighted by atomic mass is 19.4. The van der Waals surface area contributed by atoms with E-state index in [0.29, 0.717) is 18.3 Å². The largest absolute Gasteiger partial charge is 0.481 e. The highest BCUT2D eigenvalue weighted by Gasteiger charge is 2.67. The Hall–Kier alpha value is -4.44. The molecule has 2 aliphatic heterocycles. The van der Waals surface area contributed by atoms with Crippen molar-refractivity contribution in [1.82, 2.24) is 20.2 Å². The fraction of sp³-hybridized carbons (Fsp3) is 0.514. The third-order valence-electron chi connectivity index (χ3n) is 11.9. The fourth-order valence-corrected chi connectivity index (χ4v) is 8.75. The number of anilines is 2. The van der Waals surface area contributed by atoms with Gasteiger partial charge in [0.05, 0.1) is 40.6 Å². The van der Waals surface area contributed by atoms with Gasteiger partial charge in [0.15, 0.2) is 0 Å². The molecule has 5 aliphatic rings. The first kappa shape index (κ1) is 36.9. The van der Waals surface area contributed by atoms with Crippen LogP contribution in [0.4, 0.5) is 33.7 Å². The van der Waals surface area contributed by atoms with Gasteiger partial charge in [0, 0.05) is 13.0 Å². The molecule has 53 heavy (non-hydrogen) atoms. The minimum atomic E-state index is -4.54. The topological polar surface area (TPSA) is 136 Å². The van der Waals surface area contributed by atoms with Crippen molar-refractivity contribution in [2.45, 2.75) is 102 Å². The van der Waals surface area contributed by atoms with Crippen molar-refractivity contribution in [2.75, 3.05) is 10.6 Å². The third kappa shape index (κ3) is 6.57. The van der Waals surface area contributed by atoms with E-state index in [1.54, 1.807) is 13.0 Å². The number of hydrogen-bond acceptors (Lipinski definition) is 7. The van der Waals surface area contributed by atoms with Crippen LogP contribution < -0.4 is 26.8 Å². The number of hydrogen-bond donors (Lipinski definition) is 4. The number of aromatic nitrogens is 2. The number of carbonyl (C=O) groups excluding carboxylic acids is 2. The maximum absolute atomic E-state index is 14.4. The Morgan fingerprint density at radius 3 is 2.53 bits per heavy atom. The SMILES string of the molecule is CC[C@H](NC(=O)[C@@H]1C[C@@](C)(NC(=O)Nc2ccccc2F)c2ncc(NCc3cccc(C(F)(F)F)c3)c(=O)n21)B1O[C@@H]2C3CC(C[C@]2(C)O1)C3(C)C. The summed E-state index contributed by atoms with van der Waals surface area (Å²) in [6.07, 6.45) is -1.15. The van der Waals surface area contributed by atoms with E-state index in [2.05, 4.69) is 47.0 Å². The summed E-state index contributed by atoms with van der Waals surface area (Å²) >= 11 is 0. The van der Waals surface area contributed by atoms with E-state index in [-0.39, 0.29) is 47.2 Å². The zero-order valence-corrected chi connectivity index (χ0v) is 30.1. The molecular weight excluding hydrogens is 695 g/mol. The predicted molar refractivity (Wildman–Crippen MR) is 189 cm³/mol. The van der Waals surface area contributed by atoms with Gasteiger partial charge in [-0.3, -0.25) is 14.2 Å². The highest BCUT2D eigenvalue weighted by Crippen LogP contribution is 2.64. The summed E-state index contributed by atoms with van der Waals surface area (Å²) in [6, 6.07) is 8.37. The lowest BCUT2D eigenvalue weighted by molar-refractivity contribution is -0.185. The number of amides is 3. The van der Waals surface area contributed by atoms with E-state index in [1.807, 2.05) is 6.92 Å². The second-order valence-corrected chi connectivity index (χ2v) is 15.8. The molecular formula is C37H43BF4N6O5. The van der Waals surface area contributed by atoms with Gasteiger partial charge in [-0.05, 0) is 80.2 Å². The third-order valence-corrected chi connectivity index (χ3v) is 11.9. The lowest BCUT2D eigenvalue weighted by atomic mass is 9.45. The molecule has 3 amide bonds. The number of carbonyl (C=O) groups is 2.